The van der Waals surface area contributed by atoms with Gasteiger partial charge in [0.15, 0.2) is 0 Å². The van der Waals surface area contributed by atoms with E-state index in [2.05, 4.69) is 65.6 Å². The first kappa shape index (κ1) is 15.9. The van der Waals surface area contributed by atoms with E-state index in [9.17, 15) is 0 Å². The second kappa shape index (κ2) is 6.70. The van der Waals surface area contributed by atoms with Gasteiger partial charge in [0.25, 0.3) is 0 Å². The molecule has 4 rings (SSSR count). The zero-order chi connectivity index (χ0) is 16.4. The number of hydrogen-bond acceptors (Lipinski definition) is 2. The van der Waals surface area contributed by atoms with Gasteiger partial charge < -0.3 is 10.6 Å². The van der Waals surface area contributed by atoms with Crippen molar-refractivity contribution in [1.82, 2.24) is 4.90 Å². The van der Waals surface area contributed by atoms with E-state index >= 15 is 0 Å². The molecule has 2 aliphatic rings. The van der Waals surface area contributed by atoms with Crippen LogP contribution in [0.5, 0.6) is 0 Å². The molecule has 2 aromatic rings. The van der Waals surface area contributed by atoms with Crippen molar-refractivity contribution in [1.29, 1.82) is 0 Å². The molecule has 1 aliphatic carbocycles. The first-order valence-electron chi connectivity index (χ1n) is 9.37. The summed E-state index contributed by atoms with van der Waals surface area (Å²) < 4.78 is 0. The van der Waals surface area contributed by atoms with Gasteiger partial charge in [0.05, 0.1) is 0 Å². The van der Waals surface area contributed by atoms with Crippen LogP contribution in [0.15, 0.2) is 60.7 Å². The van der Waals surface area contributed by atoms with Crippen LogP contribution in [0, 0.1) is 5.92 Å². The molecular formula is C22H28N2. The maximum absolute atomic E-state index is 6.43. The van der Waals surface area contributed by atoms with E-state index in [0.29, 0.717) is 6.04 Å². The van der Waals surface area contributed by atoms with Crippen LogP contribution in [0.1, 0.15) is 36.8 Å². The summed E-state index contributed by atoms with van der Waals surface area (Å²) in [5.41, 5.74) is 9.43. The van der Waals surface area contributed by atoms with Crippen molar-refractivity contribution >= 4 is 0 Å². The molecule has 0 radical (unpaired) electrons. The minimum absolute atomic E-state index is 0.101. The van der Waals surface area contributed by atoms with E-state index in [1.165, 1.54) is 43.4 Å². The fourth-order valence-electron chi connectivity index (χ4n) is 4.42. The van der Waals surface area contributed by atoms with Gasteiger partial charge in [-0.2, -0.15) is 0 Å². The molecular weight excluding hydrogens is 292 g/mol. The summed E-state index contributed by atoms with van der Waals surface area (Å²) in [7, 11) is 0. The van der Waals surface area contributed by atoms with Crippen LogP contribution in [0.3, 0.4) is 0 Å². The number of nitrogens with two attached hydrogens (primary N) is 1. The van der Waals surface area contributed by atoms with Crippen molar-refractivity contribution in [2.75, 3.05) is 19.6 Å². The third kappa shape index (κ3) is 3.13. The first-order valence-corrected chi connectivity index (χ1v) is 9.37. The van der Waals surface area contributed by atoms with Gasteiger partial charge >= 0.3 is 0 Å². The molecule has 1 atom stereocenters. The Bertz CT molecular complexity index is 609. The average molecular weight is 320 g/mol. The normalized spacial score (nSPS) is 22.2. The number of benzene rings is 2. The fourth-order valence-corrected chi connectivity index (χ4v) is 4.42. The third-order valence-electron chi connectivity index (χ3n) is 5.92. The lowest BCUT2D eigenvalue weighted by molar-refractivity contribution is 0.156. The zero-order valence-electron chi connectivity index (χ0n) is 14.4. The van der Waals surface area contributed by atoms with Crippen molar-refractivity contribution in [3.05, 3.63) is 71.8 Å². The van der Waals surface area contributed by atoms with Gasteiger partial charge in [-0.15, -0.1) is 0 Å². The van der Waals surface area contributed by atoms with Gasteiger partial charge in [-0.3, -0.25) is 0 Å². The highest BCUT2D eigenvalue weighted by Crippen LogP contribution is 2.41. The monoisotopic (exact) mass is 320 g/mol. The average Bonchev–Trinajstić information content (AvgIpc) is 3.49. The minimum Gasteiger partial charge on any atom is -0.326 e. The van der Waals surface area contributed by atoms with Gasteiger partial charge in [0.2, 0.25) is 0 Å². The number of rotatable bonds is 5. The number of nitrogens with zero attached hydrogens (tertiary/aromatic N) is 1. The van der Waals surface area contributed by atoms with Crippen molar-refractivity contribution in [2.45, 2.75) is 37.1 Å². The highest BCUT2D eigenvalue weighted by molar-refractivity contribution is 5.40. The molecule has 0 bridgehead atoms. The lowest BCUT2D eigenvalue weighted by Crippen LogP contribution is -2.50. The lowest BCUT2D eigenvalue weighted by Gasteiger charge is -2.44. The topological polar surface area (TPSA) is 29.3 Å². The summed E-state index contributed by atoms with van der Waals surface area (Å²) in [5, 5.41) is 0. The Morgan fingerprint density at radius 2 is 1.54 bits per heavy atom. The maximum atomic E-state index is 6.43. The molecule has 2 nitrogen and oxygen atoms in total. The Labute approximate surface area is 145 Å². The SMILES string of the molecule is N[C@H](CN1CCCC(c2ccccc2)(c2ccccc2)C1)C1CC1. The van der Waals surface area contributed by atoms with Gasteiger partial charge in [-0.25, -0.2) is 0 Å². The van der Waals surface area contributed by atoms with Crippen LogP contribution in [-0.4, -0.2) is 30.6 Å². The van der Waals surface area contributed by atoms with E-state index in [1.807, 2.05) is 0 Å². The molecule has 1 aliphatic heterocycles. The van der Waals surface area contributed by atoms with Gasteiger partial charge in [-0.1, -0.05) is 60.7 Å². The van der Waals surface area contributed by atoms with Crippen LogP contribution in [-0.2, 0) is 5.41 Å². The van der Waals surface area contributed by atoms with Crippen molar-refractivity contribution in [3.8, 4) is 0 Å². The Morgan fingerprint density at radius 1 is 0.958 bits per heavy atom. The second-order valence-electron chi connectivity index (χ2n) is 7.65. The van der Waals surface area contributed by atoms with Crippen molar-refractivity contribution in [2.24, 2.45) is 11.7 Å². The summed E-state index contributed by atoms with van der Waals surface area (Å²) in [4.78, 5) is 2.62. The number of piperidine rings is 1. The van der Waals surface area contributed by atoms with Crippen LogP contribution in [0.4, 0.5) is 0 Å². The summed E-state index contributed by atoms with van der Waals surface area (Å²) in [6.07, 6.45) is 5.12. The van der Waals surface area contributed by atoms with Crippen molar-refractivity contribution in [3.63, 3.8) is 0 Å². The van der Waals surface area contributed by atoms with Crippen molar-refractivity contribution < 1.29 is 0 Å². The molecule has 2 N–H and O–H groups in total. The number of hydrogen-bond donors (Lipinski definition) is 1. The predicted octanol–water partition coefficient (Wildman–Crippen LogP) is 3.81. The Hall–Kier alpha value is -1.64. The number of likely N-dealkylation sites (tertiary alicyclic amines) is 1. The highest BCUT2D eigenvalue weighted by Gasteiger charge is 2.39. The molecule has 126 valence electrons. The molecule has 1 saturated heterocycles. The minimum atomic E-state index is 0.101. The summed E-state index contributed by atoms with van der Waals surface area (Å²) in [6.45, 7) is 3.31. The van der Waals surface area contributed by atoms with Crippen LogP contribution < -0.4 is 5.73 Å². The van der Waals surface area contributed by atoms with E-state index < -0.39 is 0 Å². The van der Waals surface area contributed by atoms with Crippen LogP contribution in [0.2, 0.25) is 0 Å². The van der Waals surface area contributed by atoms with E-state index in [-0.39, 0.29) is 5.41 Å². The van der Waals surface area contributed by atoms with E-state index in [4.69, 9.17) is 5.73 Å². The molecule has 0 unspecified atom stereocenters. The molecule has 1 heterocycles. The summed E-state index contributed by atoms with van der Waals surface area (Å²) in [5.74, 6) is 0.773. The van der Waals surface area contributed by atoms with Gasteiger partial charge in [0.1, 0.15) is 0 Å². The third-order valence-corrected chi connectivity index (χ3v) is 5.92. The molecule has 0 aromatic heterocycles. The largest absolute Gasteiger partial charge is 0.326 e. The standard InChI is InChI=1S/C22H28N2/c23-21(18-12-13-18)16-24-15-7-14-22(17-24,19-8-3-1-4-9-19)20-10-5-2-6-11-20/h1-6,8-11,18,21H,7,12-17,23H2/t21-/m1/s1. The van der Waals surface area contributed by atoms with Gasteiger partial charge in [-0.05, 0) is 49.3 Å². The Balaban J connectivity index is 1.65. The quantitative estimate of drug-likeness (QED) is 0.908. The molecule has 0 spiro atoms. The predicted molar refractivity (Wildman–Crippen MR) is 100 cm³/mol. The maximum Gasteiger partial charge on any atom is 0.0330 e. The second-order valence-corrected chi connectivity index (χ2v) is 7.65. The van der Waals surface area contributed by atoms with Crippen LogP contribution in [0.25, 0.3) is 0 Å². The molecule has 2 heteroatoms. The highest BCUT2D eigenvalue weighted by atomic mass is 15.2. The molecule has 24 heavy (non-hydrogen) atoms. The van der Waals surface area contributed by atoms with E-state index in [0.717, 1.165) is 19.0 Å². The zero-order valence-corrected chi connectivity index (χ0v) is 14.4. The van der Waals surface area contributed by atoms with Crippen LogP contribution >= 0.6 is 0 Å². The molecule has 2 aromatic carbocycles. The van der Waals surface area contributed by atoms with E-state index in [1.54, 1.807) is 0 Å². The lowest BCUT2D eigenvalue weighted by atomic mass is 9.69. The first-order chi connectivity index (χ1) is 11.8. The van der Waals surface area contributed by atoms with Gasteiger partial charge in [0, 0.05) is 24.5 Å². The smallest absolute Gasteiger partial charge is 0.0330 e. The molecule has 2 fully saturated rings. The molecule has 1 saturated carbocycles. The summed E-state index contributed by atoms with van der Waals surface area (Å²) >= 11 is 0. The molecule has 0 amide bonds. The fraction of sp³-hybridized carbons (Fsp3) is 0.455. The Kier molecular flexibility index (Phi) is 4.43. The Morgan fingerprint density at radius 3 is 2.08 bits per heavy atom. The summed E-state index contributed by atoms with van der Waals surface area (Å²) in [6, 6.07) is 22.5.